The predicted octanol–water partition coefficient (Wildman–Crippen LogP) is 3.34. The fraction of sp³-hybridized carbons (Fsp3) is 0.200. The van der Waals surface area contributed by atoms with Gasteiger partial charge < -0.3 is 5.11 Å². The molecule has 0 aliphatic heterocycles. The second-order valence-electron chi connectivity index (χ2n) is 3.84. The number of hydrogen-bond donors (Lipinski definition) is 1. The summed E-state index contributed by atoms with van der Waals surface area (Å²) in [5.74, 6) is 0. The lowest BCUT2D eigenvalue weighted by Gasteiger charge is -2.19. The molecule has 0 amide bonds. The first-order valence-electron chi connectivity index (χ1n) is 5.65. The number of aliphatic hydroxyl groups is 1. The van der Waals surface area contributed by atoms with Crippen molar-refractivity contribution < 1.29 is 5.11 Å². The summed E-state index contributed by atoms with van der Waals surface area (Å²) in [4.78, 5) is 0. The minimum Gasteiger partial charge on any atom is -0.384 e. The molecule has 82 valence electrons. The average Bonchev–Trinajstić information content (AvgIpc) is 2.33. The molecule has 2 rings (SSSR count). The van der Waals surface area contributed by atoms with Crippen molar-refractivity contribution in [2.75, 3.05) is 0 Å². The maximum absolute atomic E-state index is 9.94. The maximum atomic E-state index is 9.94. The van der Waals surface area contributed by atoms with Crippen LogP contribution in [0, 0.1) is 0 Å². The van der Waals surface area contributed by atoms with Gasteiger partial charge in [0.15, 0.2) is 0 Å². The van der Waals surface area contributed by atoms with Crippen LogP contribution < -0.4 is 0 Å². The van der Waals surface area contributed by atoms with Gasteiger partial charge in [-0.05, 0) is 23.1 Å². The molecular weight excluding hydrogens is 196 g/mol. The van der Waals surface area contributed by atoms with Crippen LogP contribution in [0.15, 0.2) is 60.2 Å². The first kappa shape index (κ1) is 10.9. The molecule has 1 atom stereocenters. The van der Waals surface area contributed by atoms with Gasteiger partial charge in [0.2, 0.25) is 0 Å². The average molecular weight is 212 g/mol. The number of benzene rings is 1. The van der Waals surface area contributed by atoms with Crippen molar-refractivity contribution in [2.24, 2.45) is 0 Å². The van der Waals surface area contributed by atoms with Crippen molar-refractivity contribution in [3.05, 3.63) is 65.8 Å². The molecule has 1 aliphatic rings. The van der Waals surface area contributed by atoms with Crippen molar-refractivity contribution in [3.63, 3.8) is 0 Å². The first-order chi connectivity index (χ1) is 7.83. The van der Waals surface area contributed by atoms with E-state index in [0.717, 1.165) is 23.1 Å². The lowest BCUT2D eigenvalue weighted by molar-refractivity contribution is 0.263. The summed E-state index contributed by atoms with van der Waals surface area (Å²) in [5.41, 5.74) is 3.29. The minimum atomic E-state index is -0.472. The molecule has 1 aliphatic carbocycles. The van der Waals surface area contributed by atoms with Gasteiger partial charge >= 0.3 is 0 Å². The zero-order chi connectivity index (χ0) is 11.4. The molecule has 0 fully saturated rings. The summed E-state index contributed by atoms with van der Waals surface area (Å²) < 4.78 is 0. The van der Waals surface area contributed by atoms with E-state index in [4.69, 9.17) is 0 Å². The summed E-state index contributed by atoms with van der Waals surface area (Å²) in [7, 11) is 0. The van der Waals surface area contributed by atoms with E-state index in [-0.39, 0.29) is 0 Å². The van der Waals surface area contributed by atoms with Crippen LogP contribution in [0.25, 0.3) is 5.57 Å². The van der Waals surface area contributed by atoms with Gasteiger partial charge in [0.25, 0.3) is 0 Å². The van der Waals surface area contributed by atoms with Gasteiger partial charge in [0.05, 0.1) is 6.10 Å². The normalized spacial score (nSPS) is 22.2. The fourth-order valence-electron chi connectivity index (χ4n) is 1.95. The molecule has 1 nitrogen and oxygen atoms in total. The maximum Gasteiger partial charge on any atom is 0.0977 e. The molecular formula is C15H16O. The highest BCUT2D eigenvalue weighted by Gasteiger charge is 2.15. The first-order valence-corrected chi connectivity index (χ1v) is 5.65. The van der Waals surface area contributed by atoms with Gasteiger partial charge in [0.1, 0.15) is 0 Å². The Hall–Kier alpha value is -1.60. The van der Waals surface area contributed by atoms with Crippen molar-refractivity contribution in [1.82, 2.24) is 0 Å². The molecule has 0 heterocycles. The van der Waals surface area contributed by atoms with Gasteiger partial charge in [0, 0.05) is 0 Å². The van der Waals surface area contributed by atoms with Crippen LogP contribution in [0.2, 0.25) is 0 Å². The smallest absolute Gasteiger partial charge is 0.0977 e. The molecule has 0 spiro atoms. The van der Waals surface area contributed by atoms with Crippen LogP contribution >= 0.6 is 0 Å². The molecule has 0 saturated heterocycles. The van der Waals surface area contributed by atoms with Crippen molar-refractivity contribution in [2.45, 2.75) is 19.4 Å². The van der Waals surface area contributed by atoms with E-state index in [2.05, 4.69) is 31.2 Å². The minimum absolute atomic E-state index is 0.472. The van der Waals surface area contributed by atoms with E-state index >= 15 is 0 Å². The molecule has 1 heteroatoms. The predicted molar refractivity (Wildman–Crippen MR) is 67.9 cm³/mol. The Kier molecular flexibility index (Phi) is 3.37. The lowest BCUT2D eigenvalue weighted by Crippen LogP contribution is -2.11. The van der Waals surface area contributed by atoms with E-state index in [9.17, 15) is 5.11 Å². The SMILES string of the molecule is CCC=C1C(c2ccccc2)=CC=CC1O. The molecule has 0 aromatic heterocycles. The van der Waals surface area contributed by atoms with Crippen LogP contribution in [0.5, 0.6) is 0 Å². The molecule has 0 bridgehead atoms. The Morgan fingerprint density at radius 1 is 1.25 bits per heavy atom. The zero-order valence-electron chi connectivity index (χ0n) is 9.43. The number of rotatable bonds is 2. The Morgan fingerprint density at radius 2 is 2.00 bits per heavy atom. The highest BCUT2D eigenvalue weighted by molar-refractivity contribution is 5.82. The van der Waals surface area contributed by atoms with Crippen LogP contribution in [0.1, 0.15) is 18.9 Å². The molecule has 16 heavy (non-hydrogen) atoms. The molecule has 1 aromatic rings. The van der Waals surface area contributed by atoms with Gasteiger partial charge in [-0.3, -0.25) is 0 Å². The van der Waals surface area contributed by atoms with Gasteiger partial charge in [-0.15, -0.1) is 0 Å². The van der Waals surface area contributed by atoms with E-state index in [1.807, 2.05) is 30.4 Å². The monoisotopic (exact) mass is 212 g/mol. The summed E-state index contributed by atoms with van der Waals surface area (Å²) in [6.07, 6.45) is 8.34. The molecule has 1 unspecified atom stereocenters. The Labute approximate surface area is 96.4 Å². The van der Waals surface area contributed by atoms with E-state index in [1.165, 1.54) is 0 Å². The van der Waals surface area contributed by atoms with Gasteiger partial charge in [-0.2, -0.15) is 0 Å². The summed E-state index contributed by atoms with van der Waals surface area (Å²) >= 11 is 0. The highest BCUT2D eigenvalue weighted by Crippen LogP contribution is 2.29. The quantitative estimate of drug-likeness (QED) is 0.797. The van der Waals surface area contributed by atoms with Crippen LogP contribution in [-0.4, -0.2) is 11.2 Å². The molecule has 1 aromatic carbocycles. The van der Waals surface area contributed by atoms with Crippen LogP contribution in [-0.2, 0) is 0 Å². The fourth-order valence-corrected chi connectivity index (χ4v) is 1.95. The third-order valence-corrected chi connectivity index (χ3v) is 2.69. The van der Waals surface area contributed by atoms with Crippen molar-refractivity contribution in [1.29, 1.82) is 0 Å². The Bertz CT molecular complexity index is 438. The zero-order valence-corrected chi connectivity index (χ0v) is 9.43. The molecule has 0 saturated carbocycles. The van der Waals surface area contributed by atoms with Gasteiger partial charge in [-0.25, -0.2) is 0 Å². The largest absolute Gasteiger partial charge is 0.384 e. The second-order valence-corrected chi connectivity index (χ2v) is 3.84. The van der Waals surface area contributed by atoms with Crippen LogP contribution in [0.4, 0.5) is 0 Å². The van der Waals surface area contributed by atoms with E-state index in [1.54, 1.807) is 0 Å². The lowest BCUT2D eigenvalue weighted by atomic mass is 9.89. The van der Waals surface area contributed by atoms with Crippen molar-refractivity contribution >= 4 is 5.57 Å². The van der Waals surface area contributed by atoms with E-state index in [0.29, 0.717) is 0 Å². The molecule has 0 radical (unpaired) electrons. The van der Waals surface area contributed by atoms with E-state index < -0.39 is 6.10 Å². The summed E-state index contributed by atoms with van der Waals surface area (Å²) in [6.45, 7) is 2.08. The van der Waals surface area contributed by atoms with Crippen molar-refractivity contribution in [3.8, 4) is 0 Å². The standard InChI is InChI=1S/C15H16O/c1-2-7-14-13(10-6-11-15(14)16)12-8-4-3-5-9-12/h3-11,15-16H,2H2,1H3. The third kappa shape index (κ3) is 2.15. The number of hydrogen-bond acceptors (Lipinski definition) is 1. The molecule has 1 N–H and O–H groups in total. The topological polar surface area (TPSA) is 20.2 Å². The number of allylic oxidation sites excluding steroid dienone is 3. The Balaban J connectivity index is 2.42. The third-order valence-electron chi connectivity index (χ3n) is 2.69. The summed E-state index contributed by atoms with van der Waals surface area (Å²) in [5, 5.41) is 9.94. The Morgan fingerprint density at radius 3 is 2.69 bits per heavy atom. The second kappa shape index (κ2) is 4.95. The van der Waals surface area contributed by atoms with Crippen LogP contribution in [0.3, 0.4) is 0 Å². The number of aliphatic hydroxyl groups excluding tert-OH is 1. The summed E-state index contributed by atoms with van der Waals surface area (Å²) in [6, 6.07) is 10.2. The van der Waals surface area contributed by atoms with Gasteiger partial charge in [-0.1, -0.05) is 61.6 Å². The highest BCUT2D eigenvalue weighted by atomic mass is 16.3.